The van der Waals surface area contributed by atoms with Gasteiger partial charge in [0.25, 0.3) is 11.1 Å². The molecule has 6 nitrogen and oxygen atoms in total. The summed E-state index contributed by atoms with van der Waals surface area (Å²) in [6.45, 7) is 3.27. The molecule has 0 atom stereocenters. The van der Waals surface area contributed by atoms with Gasteiger partial charge in [0.15, 0.2) is 18.1 Å². The lowest BCUT2D eigenvalue weighted by Crippen LogP contribution is -2.15. The van der Waals surface area contributed by atoms with Gasteiger partial charge in [0.2, 0.25) is 0 Å². The average molecular weight is 405 g/mol. The Bertz CT molecular complexity index is 947. The molecule has 0 saturated carbocycles. The van der Waals surface area contributed by atoms with Gasteiger partial charge >= 0.3 is 0 Å². The second-order valence-electron chi connectivity index (χ2n) is 5.96. The van der Waals surface area contributed by atoms with E-state index in [0.717, 1.165) is 16.9 Å². The number of benzene rings is 2. The molecule has 0 N–H and O–H groups in total. The minimum atomic E-state index is 0.229. The summed E-state index contributed by atoms with van der Waals surface area (Å²) in [5.41, 5.74) is 2.12. The molecule has 2 heterocycles. The van der Waals surface area contributed by atoms with Gasteiger partial charge in [-0.3, -0.25) is 0 Å². The van der Waals surface area contributed by atoms with E-state index in [9.17, 15) is 0 Å². The van der Waals surface area contributed by atoms with E-state index in [1.807, 2.05) is 43.3 Å². The van der Waals surface area contributed by atoms with Crippen LogP contribution in [0.15, 0.2) is 46.0 Å². The van der Waals surface area contributed by atoms with Crippen molar-refractivity contribution in [2.75, 3.05) is 13.2 Å². The van der Waals surface area contributed by atoms with Gasteiger partial charge in [0.1, 0.15) is 19.0 Å². The molecule has 3 aromatic rings. The Kier molecular flexibility index (Phi) is 5.40. The molecular weight excluding hydrogens is 388 g/mol. The number of rotatable bonds is 6. The van der Waals surface area contributed by atoms with Crippen molar-refractivity contribution >= 4 is 23.4 Å². The lowest BCUT2D eigenvalue weighted by atomic mass is 10.2. The molecule has 0 aliphatic carbocycles. The van der Waals surface area contributed by atoms with Crippen LogP contribution in [0.2, 0.25) is 5.02 Å². The van der Waals surface area contributed by atoms with Crippen molar-refractivity contribution in [3.8, 4) is 17.2 Å². The molecule has 4 rings (SSSR count). The second-order valence-corrected chi connectivity index (χ2v) is 7.29. The summed E-state index contributed by atoms with van der Waals surface area (Å²) in [6, 6.07) is 11.6. The number of nitrogens with zero attached hydrogens (tertiary/aromatic N) is 2. The molecule has 1 aliphatic heterocycles. The molecule has 0 radical (unpaired) electrons. The maximum absolute atomic E-state index is 6.26. The number of aryl methyl sites for hydroxylation is 1. The number of halogens is 1. The van der Waals surface area contributed by atoms with Gasteiger partial charge in [0, 0.05) is 5.75 Å². The third-order valence-electron chi connectivity index (χ3n) is 3.82. The fourth-order valence-electron chi connectivity index (χ4n) is 2.60. The van der Waals surface area contributed by atoms with E-state index >= 15 is 0 Å². The normalized spacial score (nSPS) is 12.8. The third-order valence-corrected chi connectivity index (χ3v) is 4.99. The number of fused-ring (bicyclic) bond motifs is 1. The van der Waals surface area contributed by atoms with Crippen molar-refractivity contribution in [3.63, 3.8) is 0 Å². The van der Waals surface area contributed by atoms with Crippen molar-refractivity contribution in [1.82, 2.24) is 10.2 Å². The molecule has 2 aromatic carbocycles. The van der Waals surface area contributed by atoms with Crippen molar-refractivity contribution in [3.05, 3.63) is 58.4 Å². The molecule has 0 amide bonds. The number of hydrogen-bond donors (Lipinski definition) is 0. The van der Waals surface area contributed by atoms with Crippen LogP contribution in [-0.4, -0.2) is 23.4 Å². The fraction of sp³-hybridized carbons (Fsp3) is 0.263. The molecule has 0 fully saturated rings. The van der Waals surface area contributed by atoms with E-state index in [1.54, 1.807) is 0 Å². The summed E-state index contributed by atoms with van der Waals surface area (Å²) in [6.07, 6.45) is 0. The molecule has 140 valence electrons. The first-order valence-electron chi connectivity index (χ1n) is 8.40. The topological polar surface area (TPSA) is 66.6 Å². The molecule has 0 saturated heterocycles. The lowest BCUT2D eigenvalue weighted by molar-refractivity contribution is 0.171. The van der Waals surface area contributed by atoms with E-state index in [2.05, 4.69) is 10.2 Å². The van der Waals surface area contributed by atoms with Crippen molar-refractivity contribution in [2.24, 2.45) is 0 Å². The van der Waals surface area contributed by atoms with Gasteiger partial charge in [0.05, 0.1) is 5.02 Å². The summed E-state index contributed by atoms with van der Waals surface area (Å²) < 4.78 is 22.4. The van der Waals surface area contributed by atoms with Crippen molar-refractivity contribution < 1.29 is 18.6 Å². The van der Waals surface area contributed by atoms with E-state index in [4.69, 9.17) is 30.2 Å². The molecule has 0 unspecified atom stereocenters. The van der Waals surface area contributed by atoms with Crippen molar-refractivity contribution in [2.45, 2.75) is 24.5 Å². The summed E-state index contributed by atoms with van der Waals surface area (Å²) >= 11 is 7.69. The molecule has 1 aliphatic rings. The van der Waals surface area contributed by atoms with E-state index < -0.39 is 0 Å². The highest BCUT2D eigenvalue weighted by Gasteiger charge is 2.17. The van der Waals surface area contributed by atoms with Crippen LogP contribution in [0.25, 0.3) is 0 Å². The molecule has 8 heteroatoms. The Hall–Kier alpha value is -2.38. The zero-order valence-corrected chi connectivity index (χ0v) is 16.2. The van der Waals surface area contributed by atoms with Crippen LogP contribution in [0.5, 0.6) is 17.2 Å². The summed E-state index contributed by atoms with van der Waals surface area (Å²) in [5.74, 6) is 3.09. The largest absolute Gasteiger partial charge is 0.486 e. The first kappa shape index (κ1) is 18.0. The van der Waals surface area contributed by atoms with Crippen LogP contribution in [0.1, 0.15) is 17.0 Å². The van der Waals surface area contributed by atoms with E-state index in [-0.39, 0.29) is 6.61 Å². The van der Waals surface area contributed by atoms with Gasteiger partial charge < -0.3 is 18.6 Å². The summed E-state index contributed by atoms with van der Waals surface area (Å²) in [5, 5.41) is 9.09. The van der Waals surface area contributed by atoms with Crippen LogP contribution in [-0.2, 0) is 12.4 Å². The highest BCUT2D eigenvalue weighted by molar-refractivity contribution is 7.98. The third kappa shape index (κ3) is 4.48. The highest BCUT2D eigenvalue weighted by Crippen LogP contribution is 2.39. The van der Waals surface area contributed by atoms with Crippen LogP contribution in [0.3, 0.4) is 0 Å². The Morgan fingerprint density at radius 2 is 2.04 bits per heavy atom. The minimum absolute atomic E-state index is 0.229. The minimum Gasteiger partial charge on any atom is -0.486 e. The van der Waals surface area contributed by atoms with Crippen LogP contribution < -0.4 is 14.2 Å². The fourth-order valence-corrected chi connectivity index (χ4v) is 3.60. The van der Waals surface area contributed by atoms with Gasteiger partial charge in [-0.25, -0.2) is 0 Å². The first-order chi connectivity index (χ1) is 13.2. The molecule has 0 spiro atoms. The molecule has 27 heavy (non-hydrogen) atoms. The number of hydrogen-bond acceptors (Lipinski definition) is 7. The SMILES string of the molecule is Cc1cccc(OCc2nnc(SCc3cc(Cl)c4c(c3)OCCO4)o2)c1. The Labute approximate surface area is 165 Å². The van der Waals surface area contributed by atoms with Crippen LogP contribution >= 0.6 is 23.4 Å². The summed E-state index contributed by atoms with van der Waals surface area (Å²) in [7, 11) is 0. The standard InChI is InChI=1S/C19H17ClN2O4S/c1-12-3-2-4-14(7-12)25-10-17-21-22-19(26-17)27-11-13-8-15(20)18-16(9-13)23-5-6-24-18/h2-4,7-9H,5-6,10-11H2,1H3. The van der Waals surface area contributed by atoms with E-state index in [0.29, 0.717) is 46.6 Å². The predicted molar refractivity (Wildman–Crippen MR) is 102 cm³/mol. The predicted octanol–water partition coefficient (Wildman–Crippen LogP) is 4.67. The van der Waals surface area contributed by atoms with E-state index in [1.165, 1.54) is 11.8 Å². The Morgan fingerprint density at radius 3 is 2.93 bits per heavy atom. The quantitative estimate of drug-likeness (QED) is 0.553. The number of ether oxygens (including phenoxy) is 3. The number of aromatic nitrogens is 2. The maximum atomic E-state index is 6.26. The van der Waals surface area contributed by atoms with Gasteiger partial charge in [-0.1, -0.05) is 35.5 Å². The second kappa shape index (κ2) is 8.10. The lowest BCUT2D eigenvalue weighted by Gasteiger charge is -2.20. The van der Waals surface area contributed by atoms with Crippen LogP contribution in [0, 0.1) is 6.92 Å². The highest BCUT2D eigenvalue weighted by atomic mass is 35.5. The zero-order chi connectivity index (χ0) is 18.6. The van der Waals surface area contributed by atoms with Gasteiger partial charge in [-0.2, -0.15) is 0 Å². The molecular formula is C19H17ClN2O4S. The van der Waals surface area contributed by atoms with Gasteiger partial charge in [-0.05, 0) is 42.3 Å². The zero-order valence-electron chi connectivity index (χ0n) is 14.6. The smallest absolute Gasteiger partial charge is 0.277 e. The molecule has 0 bridgehead atoms. The maximum Gasteiger partial charge on any atom is 0.277 e. The Morgan fingerprint density at radius 1 is 1.15 bits per heavy atom. The van der Waals surface area contributed by atoms with Gasteiger partial charge in [-0.15, -0.1) is 10.2 Å². The monoisotopic (exact) mass is 404 g/mol. The first-order valence-corrected chi connectivity index (χ1v) is 9.76. The van der Waals surface area contributed by atoms with Crippen LogP contribution in [0.4, 0.5) is 0 Å². The average Bonchev–Trinajstić information content (AvgIpc) is 3.13. The molecule has 1 aromatic heterocycles. The Balaban J connectivity index is 1.35. The number of thioether (sulfide) groups is 1. The van der Waals surface area contributed by atoms with Crippen molar-refractivity contribution in [1.29, 1.82) is 0 Å². The summed E-state index contributed by atoms with van der Waals surface area (Å²) in [4.78, 5) is 0.